The Morgan fingerprint density at radius 3 is 2.94 bits per heavy atom. The minimum Gasteiger partial charge on any atom is -0.473 e. The first-order valence-corrected chi connectivity index (χ1v) is 10.3. The Hall–Kier alpha value is -3.31. The molecular formula is C21H24FN5O5. The summed E-state index contributed by atoms with van der Waals surface area (Å²) >= 11 is 0. The van der Waals surface area contributed by atoms with Gasteiger partial charge < -0.3 is 24.6 Å². The Balaban J connectivity index is 1.68. The van der Waals surface area contributed by atoms with E-state index in [4.69, 9.17) is 14.6 Å². The van der Waals surface area contributed by atoms with Crippen molar-refractivity contribution in [3.05, 3.63) is 36.4 Å². The highest BCUT2D eigenvalue weighted by Gasteiger charge is 2.28. The van der Waals surface area contributed by atoms with Crippen molar-refractivity contribution in [2.75, 3.05) is 26.3 Å². The van der Waals surface area contributed by atoms with Gasteiger partial charge in [-0.15, -0.1) is 0 Å². The number of aromatic nitrogens is 4. The summed E-state index contributed by atoms with van der Waals surface area (Å²) in [6.07, 6.45) is 3.23. The summed E-state index contributed by atoms with van der Waals surface area (Å²) < 4.78 is 28.0. The van der Waals surface area contributed by atoms with E-state index < -0.39 is 30.5 Å². The molecule has 1 amide bonds. The summed E-state index contributed by atoms with van der Waals surface area (Å²) in [5.74, 6) is -1.80. The maximum atomic E-state index is 15.1. The molecule has 1 saturated heterocycles. The molecule has 32 heavy (non-hydrogen) atoms. The van der Waals surface area contributed by atoms with E-state index in [-0.39, 0.29) is 30.7 Å². The zero-order valence-corrected chi connectivity index (χ0v) is 17.5. The Kier molecular flexibility index (Phi) is 6.47. The van der Waals surface area contributed by atoms with Crippen molar-refractivity contribution >= 4 is 11.4 Å². The summed E-state index contributed by atoms with van der Waals surface area (Å²) in [7, 11) is 0. The molecule has 0 aliphatic carbocycles. The Morgan fingerprint density at radius 1 is 1.34 bits per heavy atom. The van der Waals surface area contributed by atoms with E-state index in [1.165, 1.54) is 11.8 Å². The number of amides is 1. The molecule has 1 aliphatic heterocycles. The highest BCUT2D eigenvalue weighted by atomic mass is 19.1. The standard InChI is InChI=1S/C21H24FN5O5/c1-13(29)12-31-20-18(22)21(32-14-5-4-7-26(10-14)17(30)11-28)25-19(24-20)15-9-23-27-8-3-2-6-16(15)27/h2-3,6,8-9,13-14,28-29H,4-5,7,10-12H2,1H3/t13-,14+/m0/s1. The van der Waals surface area contributed by atoms with Crippen molar-refractivity contribution in [2.45, 2.75) is 32.0 Å². The van der Waals surface area contributed by atoms with Crippen LogP contribution in [0, 0.1) is 5.82 Å². The van der Waals surface area contributed by atoms with Crippen LogP contribution in [0.15, 0.2) is 30.6 Å². The van der Waals surface area contributed by atoms with Crippen LogP contribution < -0.4 is 9.47 Å². The maximum Gasteiger partial charge on any atom is 0.258 e. The lowest BCUT2D eigenvalue weighted by atomic mass is 10.1. The van der Waals surface area contributed by atoms with Crippen molar-refractivity contribution < 1.29 is 28.9 Å². The molecule has 0 aromatic carbocycles. The van der Waals surface area contributed by atoms with Gasteiger partial charge in [0.25, 0.3) is 11.8 Å². The molecule has 0 unspecified atom stereocenters. The van der Waals surface area contributed by atoms with Gasteiger partial charge in [0.15, 0.2) is 5.82 Å². The smallest absolute Gasteiger partial charge is 0.258 e. The molecule has 4 heterocycles. The molecule has 1 aliphatic rings. The maximum absolute atomic E-state index is 15.1. The molecule has 0 spiro atoms. The van der Waals surface area contributed by atoms with E-state index >= 15 is 4.39 Å². The Morgan fingerprint density at radius 2 is 2.16 bits per heavy atom. The summed E-state index contributed by atoms with van der Waals surface area (Å²) in [6, 6.07) is 5.48. The third-order valence-electron chi connectivity index (χ3n) is 5.06. The van der Waals surface area contributed by atoms with E-state index in [1.807, 2.05) is 18.2 Å². The number of aliphatic hydroxyl groups is 2. The minimum atomic E-state index is -0.892. The Bertz CT molecular complexity index is 1110. The number of aliphatic hydroxyl groups excluding tert-OH is 2. The van der Waals surface area contributed by atoms with Gasteiger partial charge in [-0.25, -0.2) is 4.52 Å². The van der Waals surface area contributed by atoms with E-state index in [0.29, 0.717) is 30.5 Å². The van der Waals surface area contributed by atoms with Crippen LogP contribution in [0.3, 0.4) is 0 Å². The molecule has 170 valence electrons. The van der Waals surface area contributed by atoms with Crippen molar-refractivity contribution in [3.8, 4) is 23.1 Å². The van der Waals surface area contributed by atoms with Gasteiger partial charge in [0.05, 0.1) is 29.9 Å². The van der Waals surface area contributed by atoms with Gasteiger partial charge >= 0.3 is 0 Å². The van der Waals surface area contributed by atoms with Gasteiger partial charge in [-0.2, -0.15) is 19.5 Å². The molecule has 0 radical (unpaired) electrons. The minimum absolute atomic E-state index is 0.155. The number of fused-ring (bicyclic) bond motifs is 1. The summed E-state index contributed by atoms with van der Waals surface area (Å²) in [5.41, 5.74) is 1.27. The van der Waals surface area contributed by atoms with E-state index in [0.717, 1.165) is 0 Å². The second kappa shape index (κ2) is 9.45. The largest absolute Gasteiger partial charge is 0.473 e. The van der Waals surface area contributed by atoms with Crippen molar-refractivity contribution in [2.24, 2.45) is 0 Å². The number of hydrogen-bond donors (Lipinski definition) is 2. The molecule has 0 bridgehead atoms. The lowest BCUT2D eigenvalue weighted by Gasteiger charge is -2.32. The molecule has 0 saturated carbocycles. The van der Waals surface area contributed by atoms with Gasteiger partial charge in [-0.3, -0.25) is 4.79 Å². The van der Waals surface area contributed by atoms with Crippen LogP contribution in [0.1, 0.15) is 19.8 Å². The van der Waals surface area contributed by atoms with Gasteiger partial charge in [-0.05, 0) is 31.9 Å². The highest BCUT2D eigenvalue weighted by molar-refractivity contribution is 5.77. The van der Waals surface area contributed by atoms with Gasteiger partial charge in [0, 0.05) is 12.7 Å². The van der Waals surface area contributed by atoms with Crippen LogP contribution in [-0.2, 0) is 4.79 Å². The van der Waals surface area contributed by atoms with Crippen LogP contribution in [-0.4, -0.2) is 79.1 Å². The number of rotatable bonds is 7. The number of nitrogens with zero attached hydrogens (tertiary/aromatic N) is 5. The Labute approximate surface area is 183 Å². The summed E-state index contributed by atoms with van der Waals surface area (Å²) in [6.45, 7) is 1.46. The van der Waals surface area contributed by atoms with Crippen LogP contribution in [0.5, 0.6) is 11.8 Å². The number of halogens is 1. The molecule has 10 nitrogen and oxygen atoms in total. The number of piperidine rings is 1. The third kappa shape index (κ3) is 4.63. The first kappa shape index (κ1) is 21.9. The number of carbonyl (C=O) groups excluding carboxylic acids is 1. The molecule has 1 fully saturated rings. The highest BCUT2D eigenvalue weighted by Crippen LogP contribution is 2.31. The zero-order valence-electron chi connectivity index (χ0n) is 17.5. The van der Waals surface area contributed by atoms with E-state index in [9.17, 15) is 9.90 Å². The molecule has 2 atom stereocenters. The van der Waals surface area contributed by atoms with Gasteiger partial charge in [0.2, 0.25) is 11.7 Å². The topological polar surface area (TPSA) is 122 Å². The van der Waals surface area contributed by atoms with Crippen molar-refractivity contribution in [3.63, 3.8) is 0 Å². The molecule has 3 aromatic rings. The molecule has 2 N–H and O–H groups in total. The lowest BCUT2D eigenvalue weighted by molar-refractivity contribution is -0.136. The van der Waals surface area contributed by atoms with Gasteiger partial charge in [0.1, 0.15) is 19.3 Å². The first-order chi connectivity index (χ1) is 15.5. The average Bonchev–Trinajstić information content (AvgIpc) is 3.23. The number of pyridine rings is 1. The van der Waals surface area contributed by atoms with Crippen LogP contribution in [0.4, 0.5) is 4.39 Å². The second-order valence-electron chi connectivity index (χ2n) is 7.60. The third-order valence-corrected chi connectivity index (χ3v) is 5.06. The molecule has 11 heteroatoms. The monoisotopic (exact) mass is 445 g/mol. The second-order valence-corrected chi connectivity index (χ2v) is 7.60. The fourth-order valence-corrected chi connectivity index (χ4v) is 3.53. The normalized spacial score (nSPS) is 17.4. The molecular weight excluding hydrogens is 421 g/mol. The fraction of sp³-hybridized carbons (Fsp3) is 0.429. The predicted molar refractivity (Wildman–Crippen MR) is 111 cm³/mol. The number of carbonyl (C=O) groups is 1. The number of ether oxygens (including phenoxy) is 2. The molecule has 4 rings (SSSR count). The summed E-state index contributed by atoms with van der Waals surface area (Å²) in [4.78, 5) is 21.8. The quantitative estimate of drug-likeness (QED) is 0.554. The van der Waals surface area contributed by atoms with Crippen LogP contribution in [0.2, 0.25) is 0 Å². The van der Waals surface area contributed by atoms with Crippen molar-refractivity contribution in [1.82, 2.24) is 24.5 Å². The van der Waals surface area contributed by atoms with Crippen molar-refractivity contribution in [1.29, 1.82) is 0 Å². The lowest BCUT2D eigenvalue weighted by Crippen LogP contribution is -2.45. The molecule has 3 aromatic heterocycles. The van der Waals surface area contributed by atoms with Crippen LogP contribution >= 0.6 is 0 Å². The van der Waals surface area contributed by atoms with E-state index in [2.05, 4.69) is 15.1 Å². The summed E-state index contributed by atoms with van der Waals surface area (Å²) in [5, 5.41) is 22.9. The zero-order chi connectivity index (χ0) is 22.7. The van der Waals surface area contributed by atoms with Gasteiger partial charge in [-0.1, -0.05) is 6.07 Å². The fourth-order valence-electron chi connectivity index (χ4n) is 3.53. The van der Waals surface area contributed by atoms with E-state index in [1.54, 1.807) is 16.9 Å². The SMILES string of the molecule is C[C@H](O)COc1nc(-c2cnn3ccccc23)nc(O[C@@H]2CCCN(C(=O)CO)C2)c1F. The van der Waals surface area contributed by atoms with Crippen LogP contribution in [0.25, 0.3) is 16.9 Å². The number of hydrogen-bond acceptors (Lipinski definition) is 8. The first-order valence-electron chi connectivity index (χ1n) is 10.3. The predicted octanol–water partition coefficient (Wildman–Crippen LogP) is 1.05. The average molecular weight is 445 g/mol. The number of likely N-dealkylation sites (tertiary alicyclic amines) is 1.